The van der Waals surface area contributed by atoms with Crippen molar-refractivity contribution in [3.05, 3.63) is 82.7 Å². The van der Waals surface area contributed by atoms with E-state index in [9.17, 15) is 9.59 Å². The van der Waals surface area contributed by atoms with E-state index in [1.54, 1.807) is 6.26 Å². The summed E-state index contributed by atoms with van der Waals surface area (Å²) < 4.78 is 31.3. The number of carbonyl (C=O) groups is 1. The largest absolute Gasteiger partial charge is 0.464 e. The van der Waals surface area contributed by atoms with Crippen molar-refractivity contribution < 1.29 is 33.3 Å². The molecule has 0 radical (unpaired) electrons. The molecule has 240 valence electrons. The average Bonchev–Trinajstić information content (AvgIpc) is 3.65. The van der Waals surface area contributed by atoms with Gasteiger partial charge in [-0.05, 0) is 50.5 Å². The molecule has 2 aromatic heterocycles. The van der Waals surface area contributed by atoms with Gasteiger partial charge in [-0.2, -0.15) is 0 Å². The molecule has 1 saturated heterocycles. The van der Waals surface area contributed by atoms with Crippen molar-refractivity contribution in [1.82, 2.24) is 14.5 Å². The number of aromatic nitrogens is 2. The van der Waals surface area contributed by atoms with E-state index < -0.39 is 6.29 Å². The Morgan fingerprint density at radius 3 is 2.58 bits per heavy atom. The molecule has 0 spiro atoms. The Bertz CT molecular complexity index is 1660. The molecule has 45 heavy (non-hydrogen) atoms. The highest BCUT2D eigenvalue weighted by Gasteiger charge is 2.40. The number of likely N-dealkylation sites (tertiary alicyclic amines) is 1. The maximum absolute atomic E-state index is 14.0. The van der Waals surface area contributed by atoms with E-state index in [1.165, 1.54) is 0 Å². The summed E-state index contributed by atoms with van der Waals surface area (Å²) in [7, 11) is 0. The van der Waals surface area contributed by atoms with Crippen LogP contribution in [-0.4, -0.2) is 84.5 Å². The molecule has 2 N–H and O–H groups in total. The molecule has 0 bridgehead atoms. The first-order valence-corrected chi connectivity index (χ1v) is 15.8. The van der Waals surface area contributed by atoms with Gasteiger partial charge in [0.25, 0.3) is 5.91 Å². The van der Waals surface area contributed by atoms with Crippen LogP contribution in [0.1, 0.15) is 43.7 Å². The number of allylic oxidation sites excluding steroid dienone is 1. The number of rotatable bonds is 13. The number of H-pyrrole nitrogens is 1. The smallest absolute Gasteiger partial charge is 0.326 e. The highest BCUT2D eigenvalue weighted by Crippen LogP contribution is 2.42. The fourth-order valence-electron chi connectivity index (χ4n) is 6.57. The molecule has 11 heteroatoms. The fraction of sp³-hybridized carbons (Fsp3) is 0.471. The number of aliphatic hydroxyl groups is 1. The van der Waals surface area contributed by atoms with Gasteiger partial charge in [0.15, 0.2) is 5.76 Å². The zero-order chi connectivity index (χ0) is 31.2. The third-order valence-electron chi connectivity index (χ3n) is 8.74. The van der Waals surface area contributed by atoms with Crippen molar-refractivity contribution in [2.75, 3.05) is 52.7 Å². The van der Waals surface area contributed by atoms with Crippen molar-refractivity contribution >= 4 is 27.9 Å². The topological polar surface area (TPSA) is 128 Å². The Morgan fingerprint density at radius 2 is 1.78 bits per heavy atom. The lowest BCUT2D eigenvalue weighted by Crippen LogP contribution is -2.44. The van der Waals surface area contributed by atoms with Gasteiger partial charge in [0.05, 0.1) is 43.7 Å². The molecular weight excluding hydrogens is 578 g/mol. The van der Waals surface area contributed by atoms with E-state index in [2.05, 4.69) is 4.98 Å². The number of nitrogens with one attached hydrogen (secondary N) is 1. The molecule has 0 saturated carbocycles. The number of para-hydroxylation sites is 3. The monoisotopic (exact) mass is 619 g/mol. The normalized spacial score (nSPS) is 20.9. The van der Waals surface area contributed by atoms with Crippen LogP contribution in [-0.2, 0) is 23.7 Å². The van der Waals surface area contributed by atoms with Crippen molar-refractivity contribution in [2.24, 2.45) is 5.92 Å². The van der Waals surface area contributed by atoms with Gasteiger partial charge in [0, 0.05) is 55.1 Å². The van der Waals surface area contributed by atoms with Crippen molar-refractivity contribution in [3.63, 3.8) is 0 Å². The number of hydrogen-bond donors (Lipinski definition) is 2. The number of benzene rings is 2. The van der Waals surface area contributed by atoms with Gasteiger partial charge in [0.2, 0.25) is 6.29 Å². The Morgan fingerprint density at radius 1 is 1.02 bits per heavy atom. The van der Waals surface area contributed by atoms with Gasteiger partial charge < -0.3 is 38.4 Å². The van der Waals surface area contributed by atoms with Crippen molar-refractivity contribution in [3.8, 4) is 0 Å². The number of ether oxygens (including phenoxy) is 4. The zero-order valence-corrected chi connectivity index (χ0v) is 25.6. The third-order valence-corrected chi connectivity index (χ3v) is 8.74. The molecule has 0 aliphatic carbocycles. The van der Waals surface area contributed by atoms with E-state index in [4.69, 9.17) is 28.5 Å². The number of aromatic amines is 1. The second kappa shape index (κ2) is 14.5. The molecule has 4 aromatic rings. The number of carbonyl (C=O) groups excluding carboxylic acids is 1. The molecule has 2 aliphatic rings. The van der Waals surface area contributed by atoms with Crippen molar-refractivity contribution in [1.29, 1.82) is 0 Å². The molecule has 1 amide bonds. The lowest BCUT2D eigenvalue weighted by atomic mass is 9.81. The number of nitrogens with zero attached hydrogens (tertiary/aromatic N) is 2. The summed E-state index contributed by atoms with van der Waals surface area (Å²) in [5.74, 6) is -0.270. The zero-order valence-electron chi connectivity index (χ0n) is 25.6. The quantitative estimate of drug-likeness (QED) is 0.212. The van der Waals surface area contributed by atoms with Gasteiger partial charge >= 0.3 is 5.69 Å². The first-order valence-electron chi connectivity index (χ1n) is 15.8. The van der Waals surface area contributed by atoms with Crippen LogP contribution in [0.3, 0.4) is 0 Å². The predicted molar refractivity (Wildman–Crippen MR) is 168 cm³/mol. The number of aliphatic hydroxyl groups excluding tert-OH is 1. The molecule has 2 aliphatic heterocycles. The highest BCUT2D eigenvalue weighted by molar-refractivity contribution is 5.92. The van der Waals surface area contributed by atoms with E-state index in [0.29, 0.717) is 58.8 Å². The summed E-state index contributed by atoms with van der Waals surface area (Å²) in [6.45, 7) is 4.85. The third kappa shape index (κ3) is 6.72. The van der Waals surface area contributed by atoms with E-state index >= 15 is 0 Å². The summed E-state index contributed by atoms with van der Waals surface area (Å²) in [4.78, 5) is 31.5. The molecule has 2 aromatic carbocycles. The van der Waals surface area contributed by atoms with Crippen molar-refractivity contribution in [2.45, 2.75) is 44.4 Å². The molecule has 11 nitrogen and oxygen atoms in total. The summed E-state index contributed by atoms with van der Waals surface area (Å²) in [5, 5.41) is 9.89. The van der Waals surface area contributed by atoms with Crippen LogP contribution in [0.15, 0.2) is 75.8 Å². The summed E-state index contributed by atoms with van der Waals surface area (Å²) in [5.41, 5.74) is 3.32. The number of imidazole rings is 1. The minimum Gasteiger partial charge on any atom is -0.464 e. The molecular formula is C34H41N3O8. The van der Waals surface area contributed by atoms with E-state index in [-0.39, 0.29) is 48.4 Å². The summed E-state index contributed by atoms with van der Waals surface area (Å²) >= 11 is 0. The second-order valence-corrected chi connectivity index (χ2v) is 11.4. The molecule has 3 unspecified atom stereocenters. The standard InChI is InChI=1S/C34H41N3O8/c1-2-43-33-25(13-17-41-19-20-42-18-16-38)26(27-22-44-30-10-6-3-7-24(27)30)21-31(45-33)32(39)36-14-11-23(12-15-36)37-29-9-5-4-8-28(29)35-34(37)40/h3-10,21-23,25-26,33,38H,2,11-20H2,1H3,(H,35,40). The molecule has 4 heterocycles. The van der Waals surface area contributed by atoms with Crippen LogP contribution in [0.4, 0.5) is 0 Å². The average molecular weight is 620 g/mol. The fourth-order valence-corrected chi connectivity index (χ4v) is 6.57. The molecule has 3 atom stereocenters. The number of furan rings is 1. The lowest BCUT2D eigenvalue weighted by molar-refractivity contribution is -0.172. The van der Waals surface area contributed by atoms with Crippen LogP contribution in [0, 0.1) is 5.92 Å². The first-order chi connectivity index (χ1) is 22.1. The number of piperidine rings is 1. The highest BCUT2D eigenvalue weighted by atomic mass is 16.7. The SMILES string of the molecule is CCOC1OC(C(=O)N2CCC(n3c(=O)[nH]c4ccccc43)CC2)=CC(c2coc3ccccc23)C1CCOCCOCCO. The lowest BCUT2D eigenvalue weighted by Gasteiger charge is -2.39. The Kier molecular flexibility index (Phi) is 10.00. The number of amides is 1. The minimum atomic E-state index is -0.658. The Hall–Kier alpha value is -3.90. The van der Waals surface area contributed by atoms with Gasteiger partial charge in [-0.15, -0.1) is 0 Å². The Balaban J connectivity index is 1.21. The van der Waals surface area contributed by atoms with Crippen LogP contribution in [0.2, 0.25) is 0 Å². The Labute approximate surface area is 261 Å². The molecule has 6 rings (SSSR count). The molecule has 1 fully saturated rings. The van der Waals surface area contributed by atoms with Crippen LogP contribution < -0.4 is 5.69 Å². The van der Waals surface area contributed by atoms with E-state index in [1.807, 2.05) is 71.0 Å². The summed E-state index contributed by atoms with van der Waals surface area (Å²) in [6, 6.07) is 15.6. The van der Waals surface area contributed by atoms with Crippen LogP contribution in [0.25, 0.3) is 22.0 Å². The maximum atomic E-state index is 14.0. The summed E-state index contributed by atoms with van der Waals surface area (Å²) in [6.07, 6.45) is 4.97. The first kappa shape index (κ1) is 31.1. The van der Waals surface area contributed by atoms with Gasteiger partial charge in [0.1, 0.15) is 5.58 Å². The van der Waals surface area contributed by atoms with Gasteiger partial charge in [-0.25, -0.2) is 4.79 Å². The van der Waals surface area contributed by atoms with E-state index in [0.717, 1.165) is 27.6 Å². The number of hydrogen-bond acceptors (Lipinski definition) is 8. The van der Waals surface area contributed by atoms with Gasteiger partial charge in [-0.3, -0.25) is 9.36 Å². The van der Waals surface area contributed by atoms with Crippen LogP contribution in [0.5, 0.6) is 0 Å². The minimum absolute atomic E-state index is 0.00131. The van der Waals surface area contributed by atoms with Crippen LogP contribution >= 0.6 is 0 Å². The predicted octanol–water partition coefficient (Wildman–Crippen LogP) is 4.33. The van der Waals surface area contributed by atoms with Gasteiger partial charge in [-0.1, -0.05) is 30.3 Å². The maximum Gasteiger partial charge on any atom is 0.326 e. The number of fused-ring (bicyclic) bond motifs is 2. The second-order valence-electron chi connectivity index (χ2n) is 11.4.